The minimum atomic E-state index is 0.128. The van der Waals surface area contributed by atoms with Crippen LogP contribution >= 0.6 is 0 Å². The second-order valence-corrected chi connectivity index (χ2v) is 10.1. The maximum Gasteiger partial charge on any atom is 0.0517 e. The summed E-state index contributed by atoms with van der Waals surface area (Å²) in [5.41, 5.74) is 5.42. The van der Waals surface area contributed by atoms with Crippen LogP contribution in [0.3, 0.4) is 0 Å². The SMILES string of the molecule is C1=CCCC([C@H](NCc2cccc3ccccc23)[C@@H](NCc2cccc3ccccc23)c2ccccc2)=C1. The quantitative estimate of drug-likeness (QED) is 0.215. The molecule has 2 atom stereocenters. The lowest BCUT2D eigenvalue weighted by Gasteiger charge is -2.33. The Labute approximate surface area is 225 Å². The molecule has 0 heterocycles. The van der Waals surface area contributed by atoms with E-state index in [1.165, 1.54) is 43.8 Å². The summed E-state index contributed by atoms with van der Waals surface area (Å²) in [7, 11) is 0. The first-order chi connectivity index (χ1) is 18.9. The van der Waals surface area contributed by atoms with Gasteiger partial charge in [-0.3, -0.25) is 0 Å². The number of hydrogen-bond donors (Lipinski definition) is 2. The predicted molar refractivity (Wildman–Crippen MR) is 161 cm³/mol. The van der Waals surface area contributed by atoms with E-state index in [-0.39, 0.29) is 12.1 Å². The van der Waals surface area contributed by atoms with Gasteiger partial charge in [-0.15, -0.1) is 0 Å². The number of fused-ring (bicyclic) bond motifs is 2. The molecule has 0 fully saturated rings. The van der Waals surface area contributed by atoms with Crippen LogP contribution in [0.1, 0.15) is 35.6 Å². The lowest BCUT2D eigenvalue weighted by Crippen LogP contribution is -2.43. The van der Waals surface area contributed by atoms with Gasteiger partial charge in [0.25, 0.3) is 0 Å². The fourth-order valence-corrected chi connectivity index (χ4v) is 5.77. The van der Waals surface area contributed by atoms with Crippen molar-refractivity contribution in [1.29, 1.82) is 0 Å². The molecule has 0 unspecified atom stereocenters. The third-order valence-electron chi connectivity index (χ3n) is 7.72. The first kappa shape index (κ1) is 24.4. The Balaban J connectivity index is 1.34. The van der Waals surface area contributed by atoms with Gasteiger partial charge in [0.15, 0.2) is 0 Å². The van der Waals surface area contributed by atoms with Gasteiger partial charge in [0.2, 0.25) is 0 Å². The highest BCUT2D eigenvalue weighted by Gasteiger charge is 2.26. The van der Waals surface area contributed by atoms with E-state index in [1.807, 2.05) is 0 Å². The molecule has 1 aliphatic rings. The highest BCUT2D eigenvalue weighted by atomic mass is 15.0. The van der Waals surface area contributed by atoms with Crippen LogP contribution in [0, 0.1) is 0 Å². The van der Waals surface area contributed by atoms with Crippen molar-refractivity contribution in [3.8, 4) is 0 Å². The molecule has 0 spiro atoms. The maximum absolute atomic E-state index is 4.01. The summed E-state index contributed by atoms with van der Waals surface area (Å²) in [6.45, 7) is 1.61. The predicted octanol–water partition coefficient (Wildman–Crippen LogP) is 8.26. The number of benzene rings is 5. The zero-order valence-corrected chi connectivity index (χ0v) is 21.7. The van der Waals surface area contributed by atoms with Gasteiger partial charge in [0.1, 0.15) is 0 Å². The third kappa shape index (κ3) is 5.33. The van der Waals surface area contributed by atoms with Crippen molar-refractivity contribution >= 4 is 21.5 Å². The minimum absolute atomic E-state index is 0.128. The Morgan fingerprint density at radius 3 is 1.71 bits per heavy atom. The summed E-state index contributed by atoms with van der Waals surface area (Å²) in [6, 6.07) is 41.8. The lowest BCUT2D eigenvalue weighted by atomic mass is 9.88. The average molecular weight is 495 g/mol. The van der Waals surface area contributed by atoms with Crippen LogP contribution in [0.25, 0.3) is 21.5 Å². The first-order valence-corrected chi connectivity index (χ1v) is 13.7. The van der Waals surface area contributed by atoms with Crippen LogP contribution in [0.4, 0.5) is 0 Å². The molecule has 0 radical (unpaired) electrons. The van der Waals surface area contributed by atoms with Crippen molar-refractivity contribution in [2.24, 2.45) is 0 Å². The molecule has 188 valence electrons. The molecule has 1 aliphatic carbocycles. The van der Waals surface area contributed by atoms with E-state index in [4.69, 9.17) is 0 Å². The number of hydrogen-bond acceptors (Lipinski definition) is 2. The normalized spacial score (nSPS) is 14.9. The van der Waals surface area contributed by atoms with Crippen molar-refractivity contribution < 1.29 is 0 Å². The molecule has 0 amide bonds. The Morgan fingerprint density at radius 1 is 0.553 bits per heavy atom. The number of allylic oxidation sites excluding steroid dienone is 3. The summed E-state index contributed by atoms with van der Waals surface area (Å²) < 4.78 is 0. The van der Waals surface area contributed by atoms with Gasteiger partial charge in [-0.25, -0.2) is 0 Å². The molecule has 0 saturated carbocycles. The van der Waals surface area contributed by atoms with E-state index in [0.29, 0.717) is 0 Å². The van der Waals surface area contributed by atoms with Gasteiger partial charge in [0, 0.05) is 19.1 Å². The van der Waals surface area contributed by atoms with Crippen LogP contribution in [-0.4, -0.2) is 6.04 Å². The molecule has 0 aromatic heterocycles. The molecule has 0 aliphatic heterocycles. The highest BCUT2D eigenvalue weighted by molar-refractivity contribution is 5.86. The maximum atomic E-state index is 4.01. The fraction of sp³-hybridized carbons (Fsp3) is 0.167. The van der Waals surface area contributed by atoms with E-state index in [0.717, 1.165) is 25.9 Å². The molecule has 5 aromatic rings. The number of nitrogens with one attached hydrogen (secondary N) is 2. The smallest absolute Gasteiger partial charge is 0.0517 e. The van der Waals surface area contributed by atoms with Crippen LogP contribution in [0.5, 0.6) is 0 Å². The average Bonchev–Trinajstić information content (AvgIpc) is 2.99. The van der Waals surface area contributed by atoms with Crippen LogP contribution in [0.2, 0.25) is 0 Å². The van der Waals surface area contributed by atoms with Crippen molar-refractivity contribution in [2.45, 2.75) is 38.0 Å². The monoisotopic (exact) mass is 494 g/mol. The molecule has 2 N–H and O–H groups in total. The Bertz CT molecular complexity index is 1570. The van der Waals surface area contributed by atoms with E-state index >= 15 is 0 Å². The zero-order chi connectivity index (χ0) is 25.6. The standard InChI is InChI=1S/C36H34N2/c1-3-15-29(16-4-1)35(37-25-31-21-11-19-27-13-7-9-23-33(27)31)36(30-17-5-2-6-18-30)38-26-32-22-12-20-28-14-8-10-24-34(28)32/h1-5,7-17,19-24,35-38H,6,18,25-26H2/t35-,36-/m0/s1. The van der Waals surface area contributed by atoms with Crippen molar-refractivity contribution in [1.82, 2.24) is 10.6 Å². The Morgan fingerprint density at radius 2 is 1.11 bits per heavy atom. The Kier molecular flexibility index (Phi) is 7.44. The molecule has 6 rings (SSSR count). The van der Waals surface area contributed by atoms with Crippen molar-refractivity contribution in [3.63, 3.8) is 0 Å². The van der Waals surface area contributed by atoms with Crippen molar-refractivity contribution in [3.05, 3.63) is 156 Å². The van der Waals surface area contributed by atoms with Gasteiger partial charge in [-0.2, -0.15) is 0 Å². The largest absolute Gasteiger partial charge is 0.304 e. The van der Waals surface area contributed by atoms with Crippen LogP contribution in [0.15, 0.2) is 139 Å². The van der Waals surface area contributed by atoms with E-state index in [2.05, 4.69) is 144 Å². The second kappa shape index (κ2) is 11.6. The molecule has 5 aromatic carbocycles. The van der Waals surface area contributed by atoms with E-state index in [1.54, 1.807) is 0 Å². The van der Waals surface area contributed by atoms with Gasteiger partial charge in [-0.05, 0) is 51.1 Å². The van der Waals surface area contributed by atoms with E-state index in [9.17, 15) is 0 Å². The Hall–Kier alpha value is -3.98. The summed E-state index contributed by atoms with van der Waals surface area (Å²) in [5, 5.41) is 13.2. The summed E-state index contributed by atoms with van der Waals surface area (Å²) in [5.74, 6) is 0. The summed E-state index contributed by atoms with van der Waals surface area (Å²) in [6.07, 6.45) is 8.97. The van der Waals surface area contributed by atoms with Gasteiger partial charge in [0.05, 0.1) is 6.04 Å². The van der Waals surface area contributed by atoms with Crippen LogP contribution < -0.4 is 10.6 Å². The topological polar surface area (TPSA) is 24.1 Å². The van der Waals surface area contributed by atoms with Crippen molar-refractivity contribution in [2.75, 3.05) is 0 Å². The molecule has 38 heavy (non-hydrogen) atoms. The second-order valence-electron chi connectivity index (χ2n) is 10.1. The molecular weight excluding hydrogens is 460 g/mol. The molecule has 0 saturated heterocycles. The minimum Gasteiger partial charge on any atom is -0.304 e. The molecule has 2 heteroatoms. The molecule has 0 bridgehead atoms. The molecule has 2 nitrogen and oxygen atoms in total. The third-order valence-corrected chi connectivity index (χ3v) is 7.72. The molecular formula is C36H34N2. The highest BCUT2D eigenvalue weighted by Crippen LogP contribution is 2.29. The first-order valence-electron chi connectivity index (χ1n) is 13.7. The lowest BCUT2D eigenvalue weighted by molar-refractivity contribution is 0.402. The summed E-state index contributed by atoms with van der Waals surface area (Å²) >= 11 is 0. The van der Waals surface area contributed by atoms with Crippen LogP contribution in [-0.2, 0) is 13.1 Å². The fourth-order valence-electron chi connectivity index (χ4n) is 5.77. The zero-order valence-electron chi connectivity index (χ0n) is 21.7. The number of rotatable bonds is 9. The van der Waals surface area contributed by atoms with Gasteiger partial charge >= 0.3 is 0 Å². The van der Waals surface area contributed by atoms with E-state index < -0.39 is 0 Å². The summed E-state index contributed by atoms with van der Waals surface area (Å²) in [4.78, 5) is 0. The van der Waals surface area contributed by atoms with Gasteiger partial charge in [-0.1, -0.05) is 139 Å². The van der Waals surface area contributed by atoms with Gasteiger partial charge < -0.3 is 10.6 Å².